The van der Waals surface area contributed by atoms with E-state index in [1.165, 1.54) is 11.0 Å². The minimum absolute atomic E-state index is 0.214. The molecule has 0 bridgehead atoms. The van der Waals surface area contributed by atoms with E-state index >= 15 is 0 Å². The van der Waals surface area contributed by atoms with Crippen molar-refractivity contribution >= 4 is 5.82 Å². The third-order valence-corrected chi connectivity index (χ3v) is 1.44. The van der Waals surface area contributed by atoms with Gasteiger partial charge in [0.2, 0.25) is 0 Å². The van der Waals surface area contributed by atoms with Gasteiger partial charge in [-0.05, 0) is 10.3 Å². The molecule has 0 fully saturated rings. The molecule has 0 unspecified atom stereocenters. The van der Waals surface area contributed by atoms with E-state index in [2.05, 4.69) is 25.0 Å². The third kappa shape index (κ3) is 0.831. The molecule has 0 atom stereocenters. The van der Waals surface area contributed by atoms with Crippen molar-refractivity contribution in [2.24, 2.45) is 7.05 Å². The Hall–Kier alpha value is -1.92. The maximum Gasteiger partial charge on any atom is 0.199 e. The lowest BCUT2D eigenvalue weighted by Gasteiger charge is -1.92. The average Bonchev–Trinajstić information content (AvgIpc) is 2.59. The molecule has 12 heavy (non-hydrogen) atoms. The molecule has 7 heteroatoms. The molecule has 0 saturated heterocycles. The molecule has 0 aliphatic heterocycles. The Morgan fingerprint density at radius 2 is 2.33 bits per heavy atom. The lowest BCUT2D eigenvalue weighted by molar-refractivity contribution is 0.310. The van der Waals surface area contributed by atoms with Crippen LogP contribution in [0.3, 0.4) is 0 Å². The average molecular weight is 166 g/mol. The first-order valence-electron chi connectivity index (χ1n) is 3.21. The minimum Gasteiger partial charge on any atom is -0.379 e. The molecule has 0 radical (unpaired) electrons. The largest absolute Gasteiger partial charge is 0.379 e. The molecular weight excluding hydrogens is 160 g/mol. The highest BCUT2D eigenvalue weighted by molar-refractivity contribution is 5.61. The van der Waals surface area contributed by atoms with Gasteiger partial charge in [-0.2, -0.15) is 5.10 Å². The number of rotatable bonds is 1. The van der Waals surface area contributed by atoms with Crippen LogP contribution in [0.15, 0.2) is 11.0 Å². The first-order chi connectivity index (χ1) is 5.79. The van der Waals surface area contributed by atoms with Crippen LogP contribution < -0.4 is 5.73 Å². The summed E-state index contributed by atoms with van der Waals surface area (Å²) in [6.45, 7) is 0. The predicted octanol–water partition coefficient (Wildman–Crippen LogP) is -0.553. The van der Waals surface area contributed by atoms with Crippen molar-refractivity contribution < 1.29 is 4.63 Å². The molecule has 2 aromatic heterocycles. The maximum absolute atomic E-state index is 5.45. The highest BCUT2D eigenvalue weighted by Gasteiger charge is 2.13. The summed E-state index contributed by atoms with van der Waals surface area (Å²) >= 11 is 0. The van der Waals surface area contributed by atoms with Gasteiger partial charge in [-0.1, -0.05) is 0 Å². The Morgan fingerprint density at radius 3 is 2.83 bits per heavy atom. The molecule has 62 valence electrons. The lowest BCUT2D eigenvalue weighted by atomic mass is 10.4. The van der Waals surface area contributed by atoms with Gasteiger partial charge in [0.05, 0.1) is 0 Å². The predicted molar refractivity (Wildman–Crippen MR) is 38.7 cm³/mol. The molecule has 7 nitrogen and oxygen atoms in total. The summed E-state index contributed by atoms with van der Waals surface area (Å²) in [4.78, 5) is 3.93. The molecule has 0 saturated carbocycles. The van der Waals surface area contributed by atoms with Crippen LogP contribution in [0.25, 0.3) is 11.5 Å². The number of hydrogen-bond donors (Lipinski definition) is 1. The zero-order valence-electron chi connectivity index (χ0n) is 6.30. The van der Waals surface area contributed by atoms with Gasteiger partial charge < -0.3 is 5.73 Å². The van der Waals surface area contributed by atoms with E-state index < -0.39 is 0 Å². The van der Waals surface area contributed by atoms with Crippen molar-refractivity contribution in [1.29, 1.82) is 0 Å². The summed E-state index contributed by atoms with van der Waals surface area (Å²) in [6.07, 6.45) is 1.41. The van der Waals surface area contributed by atoms with Gasteiger partial charge in [0, 0.05) is 7.05 Å². The highest BCUT2D eigenvalue weighted by atomic mass is 16.6. The summed E-state index contributed by atoms with van der Waals surface area (Å²) < 4.78 is 5.96. The second kappa shape index (κ2) is 2.29. The molecule has 2 N–H and O–H groups in total. The monoisotopic (exact) mass is 166 g/mol. The number of nitrogen functional groups attached to an aromatic ring is 1. The summed E-state index contributed by atoms with van der Waals surface area (Å²) in [5.74, 6) is 0.750. The highest BCUT2D eigenvalue weighted by Crippen LogP contribution is 2.17. The van der Waals surface area contributed by atoms with E-state index in [0.717, 1.165) is 0 Å². The van der Waals surface area contributed by atoms with E-state index in [0.29, 0.717) is 11.5 Å². The summed E-state index contributed by atoms with van der Waals surface area (Å²) in [6, 6.07) is 0. The number of nitrogens with two attached hydrogens (primary N) is 1. The van der Waals surface area contributed by atoms with E-state index in [1.54, 1.807) is 7.05 Å². The van der Waals surface area contributed by atoms with Crippen LogP contribution >= 0.6 is 0 Å². The fraction of sp³-hybridized carbons (Fsp3) is 0.200. The van der Waals surface area contributed by atoms with Crippen molar-refractivity contribution in [2.75, 3.05) is 5.73 Å². The zero-order chi connectivity index (χ0) is 8.55. The van der Waals surface area contributed by atoms with Crippen LogP contribution in [0, 0.1) is 0 Å². The van der Waals surface area contributed by atoms with Crippen molar-refractivity contribution in [3.05, 3.63) is 6.33 Å². The number of hydrogen-bond acceptors (Lipinski definition) is 6. The summed E-state index contributed by atoms with van der Waals surface area (Å²) in [5.41, 5.74) is 5.86. The Balaban J connectivity index is 2.57. The second-order valence-electron chi connectivity index (χ2n) is 2.21. The minimum atomic E-state index is 0.214. The van der Waals surface area contributed by atoms with Crippen LogP contribution in [0.1, 0.15) is 0 Å². The topological polar surface area (TPSA) is 95.6 Å². The molecule has 2 heterocycles. The normalized spacial score (nSPS) is 10.4. The second-order valence-corrected chi connectivity index (χ2v) is 2.21. The standard InChI is InChI=1S/C5H6N6O/c1-11-5(7-2-8-11)3-4(6)10-12-9-3/h2H,1H3,(H2,6,10). The smallest absolute Gasteiger partial charge is 0.199 e. The number of aromatic nitrogens is 5. The van der Waals surface area contributed by atoms with Crippen molar-refractivity contribution in [3.63, 3.8) is 0 Å². The molecule has 0 amide bonds. The van der Waals surface area contributed by atoms with Crippen LogP contribution in [-0.2, 0) is 7.05 Å². The number of anilines is 1. The molecule has 0 aromatic carbocycles. The third-order valence-electron chi connectivity index (χ3n) is 1.44. The SMILES string of the molecule is Cn1ncnc1-c1nonc1N. The van der Waals surface area contributed by atoms with Crippen LogP contribution in [-0.4, -0.2) is 25.1 Å². The van der Waals surface area contributed by atoms with Crippen LogP contribution in [0.4, 0.5) is 5.82 Å². The van der Waals surface area contributed by atoms with E-state index in [-0.39, 0.29) is 5.82 Å². The Kier molecular flexibility index (Phi) is 1.29. The first-order valence-corrected chi connectivity index (χ1v) is 3.21. The van der Waals surface area contributed by atoms with Crippen LogP contribution in [0.5, 0.6) is 0 Å². The van der Waals surface area contributed by atoms with Crippen molar-refractivity contribution in [2.45, 2.75) is 0 Å². The lowest BCUT2D eigenvalue weighted by Crippen LogP contribution is -1.97. The number of nitrogens with zero attached hydrogens (tertiary/aromatic N) is 5. The number of aryl methyl sites for hydroxylation is 1. The van der Waals surface area contributed by atoms with Gasteiger partial charge >= 0.3 is 0 Å². The summed E-state index contributed by atoms with van der Waals surface area (Å²) in [5, 5.41) is 10.9. The zero-order valence-corrected chi connectivity index (χ0v) is 6.30. The quantitative estimate of drug-likeness (QED) is 0.610. The Morgan fingerprint density at radius 1 is 1.50 bits per heavy atom. The fourth-order valence-corrected chi connectivity index (χ4v) is 0.861. The van der Waals surface area contributed by atoms with Gasteiger partial charge in [0.25, 0.3) is 0 Å². The van der Waals surface area contributed by atoms with Crippen molar-refractivity contribution in [1.82, 2.24) is 25.1 Å². The van der Waals surface area contributed by atoms with Gasteiger partial charge in [-0.15, -0.1) is 0 Å². The summed E-state index contributed by atoms with van der Waals surface area (Å²) in [7, 11) is 1.73. The van der Waals surface area contributed by atoms with Gasteiger partial charge in [-0.25, -0.2) is 14.3 Å². The molecule has 2 rings (SSSR count). The molecular formula is C5H6N6O. The molecule has 2 aromatic rings. The van der Waals surface area contributed by atoms with E-state index in [4.69, 9.17) is 5.73 Å². The Bertz CT molecular complexity index is 352. The van der Waals surface area contributed by atoms with E-state index in [1.807, 2.05) is 0 Å². The van der Waals surface area contributed by atoms with Gasteiger partial charge in [0.1, 0.15) is 6.33 Å². The van der Waals surface area contributed by atoms with Gasteiger partial charge in [0.15, 0.2) is 17.3 Å². The first kappa shape index (κ1) is 6.77. The van der Waals surface area contributed by atoms with Gasteiger partial charge in [-0.3, -0.25) is 0 Å². The maximum atomic E-state index is 5.45. The van der Waals surface area contributed by atoms with Crippen LogP contribution in [0.2, 0.25) is 0 Å². The molecule has 0 spiro atoms. The molecule has 0 aliphatic carbocycles. The van der Waals surface area contributed by atoms with Crippen molar-refractivity contribution in [3.8, 4) is 11.5 Å². The fourth-order valence-electron chi connectivity index (χ4n) is 0.861. The molecule has 0 aliphatic rings. The Labute approximate surface area is 67.2 Å². The van der Waals surface area contributed by atoms with E-state index in [9.17, 15) is 0 Å².